The molecule has 0 fully saturated rings. The van der Waals surface area contributed by atoms with E-state index in [9.17, 15) is 4.79 Å². The standard InChI is InChI=1S/C17H19Cl2N3O/c1-3-4-10-22(2)17(23)15-9-8-12(11-20-15)21-16-13(18)6-5-7-14(16)19/h5-9,11,21H,3-4,10H2,1-2H3. The zero-order valence-corrected chi connectivity index (χ0v) is 14.7. The monoisotopic (exact) mass is 351 g/mol. The van der Waals surface area contributed by atoms with Gasteiger partial charge in [-0.1, -0.05) is 42.6 Å². The Morgan fingerprint density at radius 2 is 1.91 bits per heavy atom. The summed E-state index contributed by atoms with van der Waals surface area (Å²) in [6.45, 7) is 2.82. The number of nitrogens with one attached hydrogen (secondary N) is 1. The van der Waals surface area contributed by atoms with Gasteiger partial charge in [0.25, 0.3) is 5.91 Å². The molecule has 0 saturated carbocycles. The maximum Gasteiger partial charge on any atom is 0.272 e. The van der Waals surface area contributed by atoms with E-state index in [0.29, 0.717) is 27.1 Å². The average molecular weight is 352 g/mol. The molecule has 0 unspecified atom stereocenters. The number of anilines is 2. The van der Waals surface area contributed by atoms with Gasteiger partial charge in [-0.3, -0.25) is 4.79 Å². The van der Waals surface area contributed by atoms with E-state index in [1.165, 1.54) is 0 Å². The highest BCUT2D eigenvalue weighted by molar-refractivity contribution is 6.39. The summed E-state index contributed by atoms with van der Waals surface area (Å²) >= 11 is 12.2. The van der Waals surface area contributed by atoms with Crippen molar-refractivity contribution < 1.29 is 4.79 Å². The molecule has 1 aromatic heterocycles. The molecule has 0 aliphatic carbocycles. The summed E-state index contributed by atoms with van der Waals surface area (Å²) in [5.41, 5.74) is 1.75. The molecular weight excluding hydrogens is 333 g/mol. The number of nitrogens with zero attached hydrogens (tertiary/aromatic N) is 2. The summed E-state index contributed by atoms with van der Waals surface area (Å²) in [7, 11) is 1.79. The largest absolute Gasteiger partial charge is 0.352 e. The van der Waals surface area contributed by atoms with Crippen molar-refractivity contribution in [3.63, 3.8) is 0 Å². The summed E-state index contributed by atoms with van der Waals surface area (Å²) in [4.78, 5) is 18.1. The van der Waals surface area contributed by atoms with Crippen LogP contribution in [0, 0.1) is 0 Å². The third kappa shape index (κ3) is 4.60. The van der Waals surface area contributed by atoms with Gasteiger partial charge in [-0.2, -0.15) is 0 Å². The van der Waals surface area contributed by atoms with Gasteiger partial charge in [0.2, 0.25) is 0 Å². The fourth-order valence-electron chi connectivity index (χ4n) is 2.05. The second-order valence-electron chi connectivity index (χ2n) is 5.23. The van der Waals surface area contributed by atoms with Crippen LogP contribution in [-0.4, -0.2) is 29.4 Å². The molecule has 2 rings (SSSR count). The number of rotatable bonds is 6. The molecule has 2 aromatic rings. The first-order valence-electron chi connectivity index (χ1n) is 7.45. The van der Waals surface area contributed by atoms with Gasteiger partial charge in [0.05, 0.1) is 27.6 Å². The third-order valence-corrected chi connectivity index (χ3v) is 4.04. The molecule has 1 N–H and O–H groups in total. The van der Waals surface area contributed by atoms with E-state index in [-0.39, 0.29) is 5.91 Å². The summed E-state index contributed by atoms with van der Waals surface area (Å²) in [5, 5.41) is 4.17. The highest BCUT2D eigenvalue weighted by atomic mass is 35.5. The SMILES string of the molecule is CCCCN(C)C(=O)c1ccc(Nc2c(Cl)cccc2Cl)cn1. The molecular formula is C17H19Cl2N3O. The minimum absolute atomic E-state index is 0.0826. The maximum absolute atomic E-state index is 12.2. The minimum Gasteiger partial charge on any atom is -0.352 e. The Labute approximate surface area is 146 Å². The van der Waals surface area contributed by atoms with Crippen LogP contribution in [0.4, 0.5) is 11.4 Å². The van der Waals surface area contributed by atoms with Crippen LogP contribution in [0.5, 0.6) is 0 Å². The predicted octanol–water partition coefficient (Wildman–Crippen LogP) is 5.00. The van der Waals surface area contributed by atoms with Crippen molar-refractivity contribution in [2.24, 2.45) is 0 Å². The number of pyridine rings is 1. The van der Waals surface area contributed by atoms with Crippen molar-refractivity contribution in [2.45, 2.75) is 19.8 Å². The summed E-state index contributed by atoms with van der Waals surface area (Å²) in [5.74, 6) is -0.0826. The van der Waals surface area contributed by atoms with Gasteiger partial charge in [-0.05, 0) is 30.7 Å². The number of benzene rings is 1. The second kappa shape index (κ2) is 8.18. The predicted molar refractivity (Wildman–Crippen MR) is 95.9 cm³/mol. The Kier molecular flexibility index (Phi) is 6.25. The molecule has 0 atom stereocenters. The van der Waals surface area contributed by atoms with Gasteiger partial charge < -0.3 is 10.2 Å². The fraction of sp³-hybridized carbons (Fsp3) is 0.294. The van der Waals surface area contributed by atoms with Crippen molar-refractivity contribution in [1.29, 1.82) is 0 Å². The molecule has 6 heteroatoms. The number of para-hydroxylation sites is 1. The first kappa shape index (κ1) is 17.6. The maximum atomic E-state index is 12.2. The zero-order chi connectivity index (χ0) is 16.8. The first-order chi connectivity index (χ1) is 11.0. The Morgan fingerprint density at radius 1 is 1.22 bits per heavy atom. The summed E-state index contributed by atoms with van der Waals surface area (Å²) in [6.07, 6.45) is 3.62. The molecule has 0 aliphatic rings. The van der Waals surface area contributed by atoms with Gasteiger partial charge in [0.15, 0.2) is 0 Å². The van der Waals surface area contributed by atoms with Crippen LogP contribution in [0.15, 0.2) is 36.5 Å². The Balaban J connectivity index is 2.09. The minimum atomic E-state index is -0.0826. The van der Waals surface area contributed by atoms with E-state index in [2.05, 4.69) is 17.2 Å². The van der Waals surface area contributed by atoms with Crippen LogP contribution < -0.4 is 5.32 Å². The van der Waals surface area contributed by atoms with Gasteiger partial charge in [-0.25, -0.2) is 4.98 Å². The topological polar surface area (TPSA) is 45.2 Å². The molecule has 1 heterocycles. The van der Waals surface area contributed by atoms with E-state index in [4.69, 9.17) is 23.2 Å². The fourth-order valence-corrected chi connectivity index (χ4v) is 2.54. The normalized spacial score (nSPS) is 10.4. The van der Waals surface area contributed by atoms with E-state index in [1.54, 1.807) is 48.5 Å². The van der Waals surface area contributed by atoms with Gasteiger partial charge in [0, 0.05) is 13.6 Å². The number of unbranched alkanes of at least 4 members (excludes halogenated alkanes) is 1. The lowest BCUT2D eigenvalue weighted by molar-refractivity contribution is 0.0787. The molecule has 1 amide bonds. The number of aromatic nitrogens is 1. The number of amides is 1. The number of hydrogen-bond donors (Lipinski definition) is 1. The van der Waals surface area contributed by atoms with Crippen LogP contribution in [0.25, 0.3) is 0 Å². The first-order valence-corrected chi connectivity index (χ1v) is 8.21. The number of carbonyl (C=O) groups is 1. The lowest BCUT2D eigenvalue weighted by atomic mass is 10.2. The molecule has 0 spiro atoms. The molecule has 0 aliphatic heterocycles. The second-order valence-corrected chi connectivity index (χ2v) is 6.05. The molecule has 23 heavy (non-hydrogen) atoms. The lowest BCUT2D eigenvalue weighted by Crippen LogP contribution is -2.28. The Hall–Kier alpha value is -1.78. The average Bonchev–Trinajstić information content (AvgIpc) is 2.56. The highest BCUT2D eigenvalue weighted by Gasteiger charge is 2.13. The quantitative estimate of drug-likeness (QED) is 0.795. The number of carbonyl (C=O) groups excluding carboxylic acids is 1. The third-order valence-electron chi connectivity index (χ3n) is 3.41. The smallest absolute Gasteiger partial charge is 0.272 e. The van der Waals surface area contributed by atoms with Crippen LogP contribution >= 0.6 is 23.2 Å². The van der Waals surface area contributed by atoms with Crippen molar-refractivity contribution in [3.8, 4) is 0 Å². The summed E-state index contributed by atoms with van der Waals surface area (Å²) in [6, 6.07) is 8.76. The van der Waals surface area contributed by atoms with Crippen LogP contribution in [0.3, 0.4) is 0 Å². The summed E-state index contributed by atoms with van der Waals surface area (Å²) < 4.78 is 0. The number of halogens is 2. The van der Waals surface area contributed by atoms with Crippen LogP contribution in [0.1, 0.15) is 30.3 Å². The van der Waals surface area contributed by atoms with Gasteiger partial charge in [-0.15, -0.1) is 0 Å². The van der Waals surface area contributed by atoms with E-state index < -0.39 is 0 Å². The van der Waals surface area contributed by atoms with Crippen molar-refractivity contribution >= 4 is 40.5 Å². The molecule has 0 bridgehead atoms. The van der Waals surface area contributed by atoms with Crippen LogP contribution in [0.2, 0.25) is 10.0 Å². The Morgan fingerprint density at radius 3 is 2.48 bits per heavy atom. The molecule has 1 aromatic carbocycles. The highest BCUT2D eigenvalue weighted by Crippen LogP contribution is 2.32. The van der Waals surface area contributed by atoms with Crippen molar-refractivity contribution in [3.05, 3.63) is 52.3 Å². The van der Waals surface area contributed by atoms with Gasteiger partial charge in [0.1, 0.15) is 5.69 Å². The van der Waals surface area contributed by atoms with Crippen molar-refractivity contribution in [1.82, 2.24) is 9.88 Å². The Bertz CT molecular complexity index is 654. The van der Waals surface area contributed by atoms with Crippen LogP contribution in [-0.2, 0) is 0 Å². The van der Waals surface area contributed by atoms with E-state index in [0.717, 1.165) is 19.4 Å². The molecule has 122 valence electrons. The van der Waals surface area contributed by atoms with E-state index >= 15 is 0 Å². The lowest BCUT2D eigenvalue weighted by Gasteiger charge is -2.16. The zero-order valence-electron chi connectivity index (χ0n) is 13.1. The molecule has 4 nitrogen and oxygen atoms in total. The molecule has 0 radical (unpaired) electrons. The number of hydrogen-bond acceptors (Lipinski definition) is 3. The van der Waals surface area contributed by atoms with Gasteiger partial charge >= 0.3 is 0 Å². The van der Waals surface area contributed by atoms with Crippen molar-refractivity contribution in [2.75, 3.05) is 18.9 Å². The van der Waals surface area contributed by atoms with E-state index in [1.807, 2.05) is 0 Å². The molecule has 0 saturated heterocycles.